The maximum absolute atomic E-state index is 11.7. The number of hydrogen-bond acceptors (Lipinski definition) is 1. The minimum atomic E-state index is -0.847. The second kappa shape index (κ2) is 3.85. The van der Waals surface area contributed by atoms with Gasteiger partial charge in [0, 0.05) is 10.1 Å². The van der Waals surface area contributed by atoms with E-state index in [-0.39, 0.29) is 5.25 Å². The van der Waals surface area contributed by atoms with Gasteiger partial charge in [-0.25, -0.2) is 0 Å². The lowest BCUT2D eigenvalue weighted by Gasteiger charge is -2.07. The van der Waals surface area contributed by atoms with Gasteiger partial charge in [-0.2, -0.15) is 0 Å². The minimum Gasteiger partial charge on any atom is -0.254 e. The van der Waals surface area contributed by atoms with Gasteiger partial charge < -0.3 is 0 Å². The minimum absolute atomic E-state index is 0.200. The van der Waals surface area contributed by atoms with Crippen LogP contribution in [0.15, 0.2) is 29.2 Å². The van der Waals surface area contributed by atoms with Gasteiger partial charge in [0.25, 0.3) is 0 Å². The summed E-state index contributed by atoms with van der Waals surface area (Å²) in [7, 11) is -0.847. The highest BCUT2D eigenvalue weighted by Gasteiger charge is 2.09. The molecule has 66 valence electrons. The molecule has 0 radical (unpaired) electrons. The van der Waals surface area contributed by atoms with E-state index in [9.17, 15) is 4.21 Å². The van der Waals surface area contributed by atoms with Gasteiger partial charge in [0.05, 0.1) is 10.8 Å². The van der Waals surface area contributed by atoms with Crippen LogP contribution >= 0.6 is 0 Å². The van der Waals surface area contributed by atoms with Crippen molar-refractivity contribution >= 4 is 10.8 Å². The molecule has 0 aliphatic heterocycles. The number of benzene rings is 1. The third kappa shape index (κ3) is 1.95. The SMILES string of the molecule is Cc1ccccc1S(=O)C(C)C. The summed E-state index contributed by atoms with van der Waals surface area (Å²) in [4.78, 5) is 0.965. The van der Waals surface area contributed by atoms with Crippen LogP contribution in [0, 0.1) is 6.92 Å². The highest BCUT2D eigenvalue weighted by molar-refractivity contribution is 7.85. The van der Waals surface area contributed by atoms with E-state index >= 15 is 0 Å². The van der Waals surface area contributed by atoms with Gasteiger partial charge in [0.1, 0.15) is 0 Å². The van der Waals surface area contributed by atoms with Crippen LogP contribution < -0.4 is 0 Å². The summed E-state index contributed by atoms with van der Waals surface area (Å²) in [6.45, 7) is 5.95. The molecule has 1 nitrogen and oxygen atoms in total. The van der Waals surface area contributed by atoms with E-state index in [2.05, 4.69) is 0 Å². The highest BCUT2D eigenvalue weighted by Crippen LogP contribution is 2.15. The molecule has 0 saturated carbocycles. The zero-order chi connectivity index (χ0) is 9.14. The summed E-state index contributed by atoms with van der Waals surface area (Å²) in [5.41, 5.74) is 1.12. The molecule has 0 spiro atoms. The Morgan fingerprint density at radius 3 is 2.33 bits per heavy atom. The summed E-state index contributed by atoms with van der Waals surface area (Å²) >= 11 is 0. The molecule has 1 aromatic rings. The Balaban J connectivity index is 3.03. The Labute approximate surface area is 76.3 Å². The van der Waals surface area contributed by atoms with Crippen molar-refractivity contribution in [2.24, 2.45) is 0 Å². The zero-order valence-corrected chi connectivity index (χ0v) is 8.52. The van der Waals surface area contributed by atoms with Crippen molar-refractivity contribution in [3.63, 3.8) is 0 Å². The predicted molar refractivity (Wildman–Crippen MR) is 52.7 cm³/mol. The molecule has 0 heterocycles. The summed E-state index contributed by atoms with van der Waals surface area (Å²) in [6, 6.07) is 7.83. The lowest BCUT2D eigenvalue weighted by atomic mass is 10.2. The van der Waals surface area contributed by atoms with Gasteiger partial charge in [-0.15, -0.1) is 0 Å². The van der Waals surface area contributed by atoms with Crippen molar-refractivity contribution in [3.05, 3.63) is 29.8 Å². The van der Waals surface area contributed by atoms with Gasteiger partial charge in [0.15, 0.2) is 0 Å². The van der Waals surface area contributed by atoms with Crippen LogP contribution in [-0.2, 0) is 10.8 Å². The molecule has 0 saturated heterocycles. The third-order valence-electron chi connectivity index (χ3n) is 1.74. The number of hydrogen-bond donors (Lipinski definition) is 0. The molecule has 2 heteroatoms. The van der Waals surface area contributed by atoms with Crippen molar-refractivity contribution in [2.75, 3.05) is 0 Å². The molecule has 0 aromatic heterocycles. The van der Waals surface area contributed by atoms with Gasteiger partial charge in [-0.1, -0.05) is 32.0 Å². The second-order valence-corrected chi connectivity index (χ2v) is 5.09. The van der Waals surface area contributed by atoms with Crippen molar-refractivity contribution < 1.29 is 4.21 Å². The van der Waals surface area contributed by atoms with Crippen molar-refractivity contribution in [1.29, 1.82) is 0 Å². The van der Waals surface area contributed by atoms with E-state index in [0.29, 0.717) is 0 Å². The summed E-state index contributed by atoms with van der Waals surface area (Å²) in [6.07, 6.45) is 0. The van der Waals surface area contributed by atoms with Crippen LogP contribution in [-0.4, -0.2) is 9.46 Å². The fraction of sp³-hybridized carbons (Fsp3) is 0.400. The van der Waals surface area contributed by atoms with Crippen LogP contribution in [0.1, 0.15) is 19.4 Å². The zero-order valence-electron chi connectivity index (χ0n) is 7.70. The van der Waals surface area contributed by atoms with Crippen molar-refractivity contribution in [3.8, 4) is 0 Å². The lowest BCUT2D eigenvalue weighted by Crippen LogP contribution is -2.06. The largest absolute Gasteiger partial charge is 0.254 e. The topological polar surface area (TPSA) is 17.1 Å². The van der Waals surface area contributed by atoms with Gasteiger partial charge in [-0.05, 0) is 18.6 Å². The molecule has 1 atom stereocenters. The molecular formula is C10H14OS. The van der Waals surface area contributed by atoms with Crippen LogP contribution in [0.3, 0.4) is 0 Å². The average Bonchev–Trinajstić information content (AvgIpc) is 2.04. The number of aryl methyl sites for hydroxylation is 1. The van der Waals surface area contributed by atoms with E-state index < -0.39 is 10.8 Å². The third-order valence-corrected chi connectivity index (χ3v) is 3.49. The van der Waals surface area contributed by atoms with Crippen molar-refractivity contribution in [2.45, 2.75) is 30.9 Å². The van der Waals surface area contributed by atoms with Gasteiger partial charge in [-0.3, -0.25) is 4.21 Å². The van der Waals surface area contributed by atoms with Crippen molar-refractivity contribution in [1.82, 2.24) is 0 Å². The summed E-state index contributed by atoms with van der Waals surface area (Å²) in [5, 5.41) is 0.200. The first-order valence-corrected chi connectivity index (χ1v) is 5.30. The molecule has 1 rings (SSSR count). The van der Waals surface area contributed by atoms with Gasteiger partial charge >= 0.3 is 0 Å². The first kappa shape index (κ1) is 9.46. The van der Waals surface area contributed by atoms with Crippen LogP contribution in [0.4, 0.5) is 0 Å². The van der Waals surface area contributed by atoms with Gasteiger partial charge in [0.2, 0.25) is 0 Å². The molecule has 0 N–H and O–H groups in total. The smallest absolute Gasteiger partial charge is 0.0557 e. The second-order valence-electron chi connectivity index (χ2n) is 3.11. The van der Waals surface area contributed by atoms with Crippen LogP contribution in [0.2, 0.25) is 0 Å². The molecular weight excluding hydrogens is 168 g/mol. The predicted octanol–water partition coefficient (Wildman–Crippen LogP) is 2.51. The molecule has 0 bridgehead atoms. The molecule has 0 aliphatic carbocycles. The van der Waals surface area contributed by atoms with E-state index in [1.807, 2.05) is 45.0 Å². The van der Waals surface area contributed by atoms with Crippen LogP contribution in [0.5, 0.6) is 0 Å². The van der Waals surface area contributed by atoms with E-state index in [1.165, 1.54) is 0 Å². The molecule has 0 aliphatic rings. The summed E-state index contributed by atoms with van der Waals surface area (Å²) < 4.78 is 11.7. The average molecular weight is 182 g/mol. The van der Waals surface area contributed by atoms with E-state index in [4.69, 9.17) is 0 Å². The Hall–Kier alpha value is -0.630. The van der Waals surface area contributed by atoms with Crippen LogP contribution in [0.25, 0.3) is 0 Å². The lowest BCUT2D eigenvalue weighted by molar-refractivity contribution is 0.676. The van der Waals surface area contributed by atoms with E-state index in [1.54, 1.807) is 0 Å². The molecule has 12 heavy (non-hydrogen) atoms. The first-order valence-electron chi connectivity index (χ1n) is 4.09. The Bertz CT molecular complexity index is 292. The standard InChI is InChI=1S/C10H14OS/c1-8(2)12(11)10-7-5-4-6-9(10)3/h4-8H,1-3H3. The Morgan fingerprint density at radius 2 is 1.83 bits per heavy atom. The first-order chi connectivity index (χ1) is 5.63. The van der Waals surface area contributed by atoms with E-state index in [0.717, 1.165) is 10.5 Å². The molecule has 1 aromatic carbocycles. The maximum Gasteiger partial charge on any atom is 0.0557 e. The fourth-order valence-electron chi connectivity index (χ4n) is 1.04. The molecule has 0 amide bonds. The monoisotopic (exact) mass is 182 g/mol. The highest BCUT2D eigenvalue weighted by atomic mass is 32.2. The fourth-order valence-corrected chi connectivity index (χ4v) is 2.14. The molecule has 0 fully saturated rings. The Kier molecular flexibility index (Phi) is 3.04. The molecule has 1 unspecified atom stereocenters. The Morgan fingerprint density at radius 1 is 1.25 bits per heavy atom. The summed E-state index contributed by atoms with van der Waals surface area (Å²) in [5.74, 6) is 0. The normalized spacial score (nSPS) is 13.3. The maximum atomic E-state index is 11.7. The quantitative estimate of drug-likeness (QED) is 0.687. The number of rotatable bonds is 2.